The average Bonchev–Trinajstić information content (AvgIpc) is 3.56. The van der Waals surface area contributed by atoms with E-state index in [1.165, 1.54) is 0 Å². The van der Waals surface area contributed by atoms with E-state index in [2.05, 4.69) is 19.2 Å². The largest absolute Gasteiger partial charge is 0.344 e. The Balaban J connectivity index is 1.36. The van der Waals surface area contributed by atoms with Gasteiger partial charge in [-0.15, -0.1) is 11.3 Å². The van der Waals surface area contributed by atoms with Gasteiger partial charge in [0.25, 0.3) is 11.8 Å². The van der Waals surface area contributed by atoms with Crippen LogP contribution in [0.5, 0.6) is 0 Å². The molecule has 1 fully saturated rings. The molecule has 6 nitrogen and oxygen atoms in total. The van der Waals surface area contributed by atoms with Gasteiger partial charge in [-0.1, -0.05) is 44.2 Å². The third kappa shape index (κ3) is 4.48. The summed E-state index contributed by atoms with van der Waals surface area (Å²) in [5.74, 6) is 0.0330. The van der Waals surface area contributed by atoms with Crippen LogP contribution < -0.4 is 10.2 Å². The summed E-state index contributed by atoms with van der Waals surface area (Å²) in [5, 5.41) is 5.18. The Labute approximate surface area is 209 Å². The van der Waals surface area contributed by atoms with Gasteiger partial charge in [0.2, 0.25) is 5.91 Å². The predicted molar refractivity (Wildman–Crippen MR) is 137 cm³/mol. The first-order valence-corrected chi connectivity index (χ1v) is 13.0. The first-order chi connectivity index (χ1) is 16.9. The molecular weight excluding hydrogens is 458 g/mol. The molecule has 0 spiro atoms. The summed E-state index contributed by atoms with van der Waals surface area (Å²) in [7, 11) is 0. The fraction of sp³-hybridized carbons (Fsp3) is 0.321. The summed E-state index contributed by atoms with van der Waals surface area (Å²) in [5.41, 5.74) is 2.70. The number of hydrogen-bond donors (Lipinski definition) is 1. The smallest absolute Gasteiger partial charge is 0.256 e. The molecule has 2 aromatic carbocycles. The molecule has 5 rings (SSSR count). The molecule has 1 saturated heterocycles. The third-order valence-corrected chi connectivity index (χ3v) is 7.81. The number of amides is 3. The lowest BCUT2D eigenvalue weighted by atomic mass is 10.0. The van der Waals surface area contributed by atoms with Crippen molar-refractivity contribution in [1.82, 2.24) is 10.2 Å². The van der Waals surface area contributed by atoms with Crippen LogP contribution in [-0.2, 0) is 11.3 Å². The molecule has 1 aromatic heterocycles. The molecule has 0 bridgehead atoms. The van der Waals surface area contributed by atoms with Gasteiger partial charge in [0, 0.05) is 17.0 Å². The Morgan fingerprint density at radius 1 is 1.06 bits per heavy atom. The molecule has 2 aliphatic rings. The summed E-state index contributed by atoms with van der Waals surface area (Å²) >= 11 is 1.64. The van der Waals surface area contributed by atoms with Crippen LogP contribution in [0.15, 0.2) is 66.0 Å². The standard InChI is InChI=1S/C28H29N3O3S/c1-18(2)25(24-10-6-16-35-24)29-26(32)20-13-11-19(12-14-20)17-31-22-8-4-3-7-21(22)27(33)30-15-5-9-23(30)28(31)34/h3-4,6-8,10-14,16,18,23,25H,5,9,15,17H2,1-2H3,(H,29,32)/t23-,25+/m1/s1. The van der Waals surface area contributed by atoms with E-state index in [1.54, 1.807) is 39.3 Å². The van der Waals surface area contributed by atoms with Crippen molar-refractivity contribution in [2.75, 3.05) is 11.4 Å². The zero-order chi connectivity index (χ0) is 24.5. The quantitative estimate of drug-likeness (QED) is 0.530. The fourth-order valence-electron chi connectivity index (χ4n) is 4.98. The molecule has 0 saturated carbocycles. The Morgan fingerprint density at radius 2 is 1.83 bits per heavy atom. The van der Waals surface area contributed by atoms with Crippen LogP contribution in [0.3, 0.4) is 0 Å². The zero-order valence-corrected chi connectivity index (χ0v) is 20.8. The van der Waals surface area contributed by atoms with E-state index in [9.17, 15) is 14.4 Å². The van der Waals surface area contributed by atoms with Crippen molar-refractivity contribution in [3.8, 4) is 0 Å². The number of carbonyl (C=O) groups is 3. The van der Waals surface area contributed by atoms with Crippen molar-refractivity contribution in [3.05, 3.63) is 87.6 Å². The molecular formula is C28H29N3O3S. The number of benzene rings is 2. The predicted octanol–water partition coefficient (Wildman–Crippen LogP) is 5.03. The van der Waals surface area contributed by atoms with Crippen LogP contribution in [0.25, 0.3) is 0 Å². The molecule has 35 heavy (non-hydrogen) atoms. The Bertz CT molecular complexity index is 1240. The van der Waals surface area contributed by atoms with E-state index in [4.69, 9.17) is 0 Å². The van der Waals surface area contributed by atoms with E-state index in [-0.39, 0.29) is 29.7 Å². The topological polar surface area (TPSA) is 69.7 Å². The summed E-state index contributed by atoms with van der Waals surface area (Å²) in [6.07, 6.45) is 1.53. The molecule has 3 amide bonds. The highest BCUT2D eigenvalue weighted by Gasteiger charge is 2.41. The summed E-state index contributed by atoms with van der Waals surface area (Å²) < 4.78 is 0. The molecule has 0 radical (unpaired) electrons. The maximum atomic E-state index is 13.5. The summed E-state index contributed by atoms with van der Waals surface area (Å²) in [4.78, 5) is 44.1. The van der Waals surface area contributed by atoms with Gasteiger partial charge in [-0.3, -0.25) is 14.4 Å². The maximum absolute atomic E-state index is 13.5. The van der Waals surface area contributed by atoms with E-state index in [0.29, 0.717) is 36.3 Å². The first-order valence-electron chi connectivity index (χ1n) is 12.1. The van der Waals surface area contributed by atoms with Crippen molar-refractivity contribution in [2.45, 2.75) is 45.3 Å². The monoisotopic (exact) mass is 487 g/mol. The number of fused-ring (bicyclic) bond motifs is 2. The number of anilines is 1. The number of para-hydroxylation sites is 1. The van der Waals surface area contributed by atoms with Gasteiger partial charge < -0.3 is 15.1 Å². The minimum atomic E-state index is -0.412. The molecule has 180 valence electrons. The lowest BCUT2D eigenvalue weighted by Crippen LogP contribution is -2.44. The maximum Gasteiger partial charge on any atom is 0.256 e. The number of thiophene rings is 1. The van der Waals surface area contributed by atoms with Crippen LogP contribution >= 0.6 is 11.3 Å². The highest BCUT2D eigenvalue weighted by Crippen LogP contribution is 2.33. The van der Waals surface area contributed by atoms with Crippen LogP contribution in [-0.4, -0.2) is 35.2 Å². The SMILES string of the molecule is CC(C)[C@H](NC(=O)c1ccc(CN2C(=O)[C@H]3CCCN3C(=O)c3ccccc32)cc1)c1cccs1. The molecule has 3 heterocycles. The van der Waals surface area contributed by atoms with E-state index in [0.717, 1.165) is 16.9 Å². The van der Waals surface area contributed by atoms with Crippen molar-refractivity contribution < 1.29 is 14.4 Å². The highest BCUT2D eigenvalue weighted by atomic mass is 32.1. The normalized spacial score (nSPS) is 18.3. The lowest BCUT2D eigenvalue weighted by molar-refractivity contribution is -0.122. The van der Waals surface area contributed by atoms with Gasteiger partial charge in [-0.25, -0.2) is 0 Å². The molecule has 2 atom stereocenters. The van der Waals surface area contributed by atoms with Gasteiger partial charge in [0.15, 0.2) is 0 Å². The van der Waals surface area contributed by atoms with E-state index in [1.807, 2.05) is 47.8 Å². The second kappa shape index (κ2) is 9.66. The second-order valence-electron chi connectivity index (χ2n) is 9.51. The van der Waals surface area contributed by atoms with Crippen LogP contribution in [0.4, 0.5) is 5.69 Å². The fourth-order valence-corrected chi connectivity index (χ4v) is 5.93. The molecule has 0 aliphatic carbocycles. The number of nitrogens with zero attached hydrogens (tertiary/aromatic N) is 2. The van der Waals surface area contributed by atoms with Crippen molar-refractivity contribution in [1.29, 1.82) is 0 Å². The molecule has 1 N–H and O–H groups in total. The molecule has 2 aliphatic heterocycles. The van der Waals surface area contributed by atoms with Crippen molar-refractivity contribution in [3.63, 3.8) is 0 Å². The minimum Gasteiger partial charge on any atom is -0.344 e. The number of nitrogens with one attached hydrogen (secondary N) is 1. The van der Waals surface area contributed by atoms with Crippen LogP contribution in [0.2, 0.25) is 0 Å². The Morgan fingerprint density at radius 3 is 2.54 bits per heavy atom. The number of rotatable bonds is 6. The lowest BCUT2D eigenvalue weighted by Gasteiger charge is -2.26. The van der Waals surface area contributed by atoms with Crippen LogP contribution in [0, 0.1) is 5.92 Å². The average molecular weight is 488 g/mol. The van der Waals surface area contributed by atoms with Gasteiger partial charge in [0.1, 0.15) is 6.04 Å². The highest BCUT2D eigenvalue weighted by molar-refractivity contribution is 7.10. The van der Waals surface area contributed by atoms with E-state index < -0.39 is 6.04 Å². The van der Waals surface area contributed by atoms with Crippen molar-refractivity contribution >= 4 is 34.7 Å². The van der Waals surface area contributed by atoms with Gasteiger partial charge >= 0.3 is 0 Å². The van der Waals surface area contributed by atoms with E-state index >= 15 is 0 Å². The number of carbonyl (C=O) groups excluding carboxylic acids is 3. The van der Waals surface area contributed by atoms with Crippen LogP contribution in [0.1, 0.15) is 63.9 Å². The summed E-state index contributed by atoms with van der Waals surface area (Å²) in [6.45, 7) is 5.16. The van der Waals surface area contributed by atoms with Gasteiger partial charge in [0.05, 0.1) is 23.8 Å². The third-order valence-electron chi connectivity index (χ3n) is 6.85. The summed E-state index contributed by atoms with van der Waals surface area (Å²) in [6, 6.07) is 18.3. The van der Waals surface area contributed by atoms with Gasteiger partial charge in [-0.2, -0.15) is 0 Å². The molecule has 3 aromatic rings. The number of hydrogen-bond acceptors (Lipinski definition) is 4. The Hall–Kier alpha value is -3.45. The Kier molecular flexibility index (Phi) is 6.43. The molecule has 0 unspecified atom stereocenters. The first kappa shape index (κ1) is 23.3. The second-order valence-corrected chi connectivity index (χ2v) is 10.5. The molecule has 7 heteroatoms. The van der Waals surface area contributed by atoms with Gasteiger partial charge in [-0.05, 0) is 60.0 Å². The van der Waals surface area contributed by atoms with Crippen molar-refractivity contribution in [2.24, 2.45) is 5.92 Å². The zero-order valence-electron chi connectivity index (χ0n) is 19.9. The minimum absolute atomic E-state index is 0.0414.